The molecule has 18 heavy (non-hydrogen) atoms. The summed E-state index contributed by atoms with van der Waals surface area (Å²) in [6.07, 6.45) is 2.32. The van der Waals surface area contributed by atoms with Crippen LogP contribution in [0.4, 0.5) is 11.4 Å². The van der Waals surface area contributed by atoms with Crippen molar-refractivity contribution in [3.05, 3.63) is 23.8 Å². The largest absolute Gasteiger partial charge is 0.398 e. The van der Waals surface area contributed by atoms with Gasteiger partial charge in [0.2, 0.25) is 0 Å². The van der Waals surface area contributed by atoms with Gasteiger partial charge in [-0.25, -0.2) is 0 Å². The topological polar surface area (TPSA) is 49.5 Å². The predicted molar refractivity (Wildman–Crippen MR) is 72.4 cm³/mol. The number of aliphatic hydroxyl groups is 1. The average Bonchev–Trinajstić information content (AvgIpc) is 2.93. The lowest BCUT2D eigenvalue weighted by Crippen LogP contribution is -2.40. The fourth-order valence-electron chi connectivity index (χ4n) is 4.52. The lowest BCUT2D eigenvalue weighted by molar-refractivity contribution is 0.0967. The normalized spacial score (nSPS) is 40.8. The van der Waals surface area contributed by atoms with Crippen LogP contribution in [-0.2, 0) is 0 Å². The van der Waals surface area contributed by atoms with Gasteiger partial charge >= 0.3 is 0 Å². The van der Waals surface area contributed by atoms with Crippen molar-refractivity contribution in [1.29, 1.82) is 0 Å². The van der Waals surface area contributed by atoms with E-state index >= 15 is 0 Å². The standard InChI is InChI=1S/C15H20N2O/c1-8-2-3-11(6-13(8)16)17-7-10-4-9-5-12(10)14(17)15(9)18/h2-3,6,9-10,12,14-15,18H,4-5,7,16H2,1H3. The first-order valence-corrected chi connectivity index (χ1v) is 6.96. The molecule has 3 fully saturated rings. The minimum absolute atomic E-state index is 0.128. The summed E-state index contributed by atoms with van der Waals surface area (Å²) in [4.78, 5) is 2.41. The van der Waals surface area contributed by atoms with Crippen LogP contribution in [0, 0.1) is 24.7 Å². The van der Waals surface area contributed by atoms with E-state index in [1.807, 2.05) is 6.92 Å². The minimum Gasteiger partial charge on any atom is -0.398 e. The predicted octanol–water partition coefficient (Wildman–Crippen LogP) is 1.78. The van der Waals surface area contributed by atoms with Gasteiger partial charge in [0, 0.05) is 17.9 Å². The Morgan fingerprint density at radius 3 is 2.83 bits per heavy atom. The Kier molecular flexibility index (Phi) is 2.03. The van der Waals surface area contributed by atoms with Gasteiger partial charge in [-0.3, -0.25) is 0 Å². The lowest BCUT2D eigenvalue weighted by Gasteiger charge is -2.30. The van der Waals surface area contributed by atoms with Crippen molar-refractivity contribution in [1.82, 2.24) is 0 Å². The van der Waals surface area contributed by atoms with Crippen LogP contribution in [0.3, 0.4) is 0 Å². The molecular formula is C15H20N2O. The van der Waals surface area contributed by atoms with Crippen LogP contribution in [0.15, 0.2) is 18.2 Å². The first kappa shape index (κ1) is 10.7. The molecule has 0 aromatic heterocycles. The van der Waals surface area contributed by atoms with E-state index in [4.69, 9.17) is 5.73 Å². The first-order valence-electron chi connectivity index (χ1n) is 6.96. The molecule has 3 N–H and O–H groups in total. The van der Waals surface area contributed by atoms with Gasteiger partial charge in [0.15, 0.2) is 0 Å². The maximum absolute atomic E-state index is 10.4. The number of benzene rings is 1. The summed E-state index contributed by atoms with van der Waals surface area (Å²) >= 11 is 0. The fraction of sp³-hybridized carbons (Fsp3) is 0.600. The Bertz CT molecular complexity index is 499. The summed E-state index contributed by atoms with van der Waals surface area (Å²) in [5.74, 6) is 2.07. The van der Waals surface area contributed by atoms with E-state index < -0.39 is 0 Å². The van der Waals surface area contributed by atoms with Crippen molar-refractivity contribution in [3.8, 4) is 0 Å². The van der Waals surface area contributed by atoms with Gasteiger partial charge in [0.25, 0.3) is 0 Å². The van der Waals surface area contributed by atoms with Crippen LogP contribution in [0.25, 0.3) is 0 Å². The Hall–Kier alpha value is -1.22. The highest BCUT2D eigenvalue weighted by atomic mass is 16.3. The molecule has 2 bridgehead atoms. The van der Waals surface area contributed by atoms with Gasteiger partial charge in [-0.2, -0.15) is 0 Å². The molecule has 5 unspecified atom stereocenters. The van der Waals surface area contributed by atoms with Crippen molar-refractivity contribution in [2.75, 3.05) is 17.2 Å². The second-order valence-corrected chi connectivity index (χ2v) is 6.33. The van der Waals surface area contributed by atoms with Gasteiger partial charge in [0.1, 0.15) is 0 Å². The van der Waals surface area contributed by atoms with Crippen molar-refractivity contribution in [2.24, 2.45) is 17.8 Å². The number of anilines is 2. The molecule has 0 spiro atoms. The molecule has 0 amide bonds. The van der Waals surface area contributed by atoms with Crippen molar-refractivity contribution in [3.63, 3.8) is 0 Å². The van der Waals surface area contributed by atoms with Gasteiger partial charge < -0.3 is 15.7 Å². The SMILES string of the molecule is Cc1ccc(N2CC3CC4CC3C2C4O)cc1N. The third-order valence-corrected chi connectivity index (χ3v) is 5.44. The summed E-state index contributed by atoms with van der Waals surface area (Å²) < 4.78 is 0. The number of aryl methyl sites for hydroxylation is 1. The molecule has 2 saturated carbocycles. The Morgan fingerprint density at radius 1 is 1.28 bits per heavy atom. The van der Waals surface area contributed by atoms with Crippen molar-refractivity contribution < 1.29 is 5.11 Å². The Labute approximate surface area is 108 Å². The second kappa shape index (κ2) is 3.41. The Balaban J connectivity index is 1.71. The van der Waals surface area contributed by atoms with E-state index in [9.17, 15) is 5.11 Å². The Morgan fingerprint density at radius 2 is 2.11 bits per heavy atom. The van der Waals surface area contributed by atoms with E-state index in [1.165, 1.54) is 18.5 Å². The zero-order valence-corrected chi connectivity index (χ0v) is 10.7. The molecule has 5 atom stereocenters. The molecule has 3 nitrogen and oxygen atoms in total. The number of nitrogens with zero attached hydrogens (tertiary/aromatic N) is 1. The summed E-state index contributed by atoms with van der Waals surface area (Å²) in [6.45, 7) is 3.14. The van der Waals surface area contributed by atoms with Crippen LogP contribution < -0.4 is 10.6 Å². The third-order valence-electron chi connectivity index (χ3n) is 5.44. The smallest absolute Gasteiger partial charge is 0.0774 e. The maximum Gasteiger partial charge on any atom is 0.0774 e. The summed E-state index contributed by atoms with van der Waals surface area (Å²) in [5.41, 5.74) is 9.20. The van der Waals surface area contributed by atoms with Crippen LogP contribution in [-0.4, -0.2) is 23.8 Å². The van der Waals surface area contributed by atoms with Crippen LogP contribution in [0.1, 0.15) is 18.4 Å². The number of hydrogen-bond acceptors (Lipinski definition) is 3. The molecule has 1 aromatic rings. The molecule has 96 valence electrons. The quantitative estimate of drug-likeness (QED) is 0.740. The van der Waals surface area contributed by atoms with Crippen LogP contribution >= 0.6 is 0 Å². The van der Waals surface area contributed by atoms with Gasteiger partial charge in [-0.1, -0.05) is 6.07 Å². The lowest BCUT2D eigenvalue weighted by atomic mass is 9.88. The first-order chi connectivity index (χ1) is 8.65. The molecule has 0 radical (unpaired) electrons. The number of hydrogen-bond donors (Lipinski definition) is 2. The molecule has 1 aliphatic heterocycles. The second-order valence-electron chi connectivity index (χ2n) is 6.33. The highest BCUT2D eigenvalue weighted by molar-refractivity contribution is 5.61. The van der Waals surface area contributed by atoms with E-state index in [-0.39, 0.29) is 6.10 Å². The number of nitrogen functional groups attached to an aromatic ring is 1. The zero-order valence-electron chi connectivity index (χ0n) is 10.7. The number of rotatable bonds is 1. The minimum atomic E-state index is -0.128. The molecule has 1 aromatic carbocycles. The van der Waals surface area contributed by atoms with Crippen molar-refractivity contribution >= 4 is 11.4 Å². The van der Waals surface area contributed by atoms with Gasteiger partial charge in [0.05, 0.1) is 12.1 Å². The van der Waals surface area contributed by atoms with E-state index in [2.05, 4.69) is 23.1 Å². The summed E-state index contributed by atoms with van der Waals surface area (Å²) in [6, 6.07) is 6.65. The van der Waals surface area contributed by atoms with E-state index in [0.29, 0.717) is 17.9 Å². The van der Waals surface area contributed by atoms with Gasteiger partial charge in [-0.05, 0) is 55.2 Å². The molecule has 1 saturated heterocycles. The fourth-order valence-corrected chi connectivity index (χ4v) is 4.52. The summed E-state index contributed by atoms with van der Waals surface area (Å²) in [7, 11) is 0. The van der Waals surface area contributed by atoms with Crippen molar-refractivity contribution in [2.45, 2.75) is 31.9 Å². The van der Waals surface area contributed by atoms with E-state index in [1.54, 1.807) is 0 Å². The monoisotopic (exact) mass is 244 g/mol. The number of fused-ring (bicyclic) bond motifs is 1. The number of nitrogens with two attached hydrogens (primary N) is 1. The molecule has 3 aliphatic rings. The molecule has 1 heterocycles. The molecule has 3 heteroatoms. The highest BCUT2D eigenvalue weighted by Crippen LogP contribution is 2.55. The third kappa shape index (κ3) is 1.23. The van der Waals surface area contributed by atoms with E-state index in [0.717, 1.165) is 23.7 Å². The maximum atomic E-state index is 10.4. The molecule has 2 aliphatic carbocycles. The van der Waals surface area contributed by atoms with Crippen LogP contribution in [0.5, 0.6) is 0 Å². The van der Waals surface area contributed by atoms with Gasteiger partial charge in [-0.15, -0.1) is 0 Å². The molecular weight excluding hydrogens is 224 g/mol. The molecule has 4 rings (SSSR count). The zero-order chi connectivity index (χ0) is 12.4. The number of aliphatic hydroxyl groups excluding tert-OH is 1. The highest BCUT2D eigenvalue weighted by Gasteiger charge is 2.58. The average molecular weight is 244 g/mol. The van der Waals surface area contributed by atoms with Crippen LogP contribution in [0.2, 0.25) is 0 Å². The summed E-state index contributed by atoms with van der Waals surface area (Å²) in [5, 5.41) is 10.4.